The molecular weight excluding hydrogens is 250 g/mol. The molecule has 0 amide bonds. The molecule has 0 aromatic carbocycles. The first-order chi connectivity index (χ1) is 8.76. The van der Waals surface area contributed by atoms with Gasteiger partial charge in [-0.05, 0) is 19.8 Å². The molecule has 0 atom stereocenters. The van der Waals surface area contributed by atoms with Gasteiger partial charge in [0.2, 0.25) is 0 Å². The standard InChI is InChI=1S/C13H19NO3S/c1-10-14-8-12(18-10)9-15-11-2-4-13(5-3-11)16-6-7-17-13/h8,11H,2-7,9H2,1H3. The minimum absolute atomic E-state index is 0.277. The normalized spacial score (nSPS) is 23.8. The Hall–Kier alpha value is -0.490. The first-order valence-corrected chi connectivity index (χ1v) is 7.38. The highest BCUT2D eigenvalue weighted by molar-refractivity contribution is 7.11. The molecule has 100 valence electrons. The van der Waals surface area contributed by atoms with E-state index >= 15 is 0 Å². The summed E-state index contributed by atoms with van der Waals surface area (Å²) in [6, 6.07) is 0. The van der Waals surface area contributed by atoms with E-state index in [4.69, 9.17) is 14.2 Å². The molecule has 1 saturated heterocycles. The van der Waals surface area contributed by atoms with Crippen molar-refractivity contribution < 1.29 is 14.2 Å². The maximum absolute atomic E-state index is 5.94. The van der Waals surface area contributed by atoms with Gasteiger partial charge in [-0.3, -0.25) is 0 Å². The molecule has 5 heteroatoms. The van der Waals surface area contributed by atoms with E-state index < -0.39 is 0 Å². The van der Waals surface area contributed by atoms with Gasteiger partial charge in [-0.2, -0.15) is 0 Å². The second kappa shape index (κ2) is 5.25. The lowest BCUT2D eigenvalue weighted by molar-refractivity contribution is -0.192. The molecule has 0 N–H and O–H groups in total. The average molecular weight is 269 g/mol. The molecule has 1 aliphatic heterocycles. The molecule has 2 aliphatic rings. The summed E-state index contributed by atoms with van der Waals surface area (Å²) in [5.41, 5.74) is 0. The van der Waals surface area contributed by atoms with Crippen molar-refractivity contribution in [3.63, 3.8) is 0 Å². The summed E-state index contributed by atoms with van der Waals surface area (Å²) in [6.45, 7) is 4.19. The van der Waals surface area contributed by atoms with Gasteiger partial charge in [0.1, 0.15) is 0 Å². The highest BCUT2D eigenvalue weighted by Gasteiger charge is 2.40. The highest BCUT2D eigenvalue weighted by atomic mass is 32.1. The number of hydrogen-bond donors (Lipinski definition) is 0. The predicted molar refractivity (Wildman–Crippen MR) is 68.5 cm³/mol. The van der Waals surface area contributed by atoms with Gasteiger partial charge < -0.3 is 14.2 Å². The fraction of sp³-hybridized carbons (Fsp3) is 0.769. The Kier molecular flexibility index (Phi) is 3.66. The Morgan fingerprint density at radius 1 is 1.39 bits per heavy atom. The molecule has 1 saturated carbocycles. The van der Waals surface area contributed by atoms with Crippen molar-refractivity contribution in [3.05, 3.63) is 16.1 Å². The third-order valence-electron chi connectivity index (χ3n) is 3.64. The van der Waals surface area contributed by atoms with Crippen molar-refractivity contribution in [2.45, 2.75) is 51.1 Å². The number of nitrogens with zero attached hydrogens (tertiary/aromatic N) is 1. The van der Waals surface area contributed by atoms with Crippen LogP contribution in [0.25, 0.3) is 0 Å². The van der Waals surface area contributed by atoms with Crippen molar-refractivity contribution in [2.75, 3.05) is 13.2 Å². The van der Waals surface area contributed by atoms with Crippen LogP contribution in [0.3, 0.4) is 0 Å². The third-order valence-corrected chi connectivity index (χ3v) is 4.52. The maximum Gasteiger partial charge on any atom is 0.168 e. The monoisotopic (exact) mass is 269 g/mol. The van der Waals surface area contributed by atoms with Gasteiger partial charge in [0.25, 0.3) is 0 Å². The Morgan fingerprint density at radius 3 is 2.72 bits per heavy atom. The summed E-state index contributed by atoms with van der Waals surface area (Å²) in [6.07, 6.45) is 6.22. The lowest BCUT2D eigenvalue weighted by atomic mass is 9.92. The lowest BCUT2D eigenvalue weighted by Gasteiger charge is -2.35. The molecule has 4 nitrogen and oxygen atoms in total. The van der Waals surface area contributed by atoms with Crippen LogP contribution in [0.1, 0.15) is 35.6 Å². The van der Waals surface area contributed by atoms with Crippen molar-refractivity contribution in [1.82, 2.24) is 4.98 Å². The smallest absolute Gasteiger partial charge is 0.168 e. The second-order valence-corrected chi connectivity index (χ2v) is 6.28. The van der Waals surface area contributed by atoms with E-state index in [9.17, 15) is 0 Å². The zero-order valence-corrected chi connectivity index (χ0v) is 11.5. The van der Waals surface area contributed by atoms with Gasteiger partial charge in [-0.25, -0.2) is 4.98 Å². The molecule has 1 spiro atoms. The van der Waals surface area contributed by atoms with Crippen molar-refractivity contribution in [1.29, 1.82) is 0 Å². The number of thiazole rings is 1. The fourth-order valence-corrected chi connectivity index (χ4v) is 3.37. The topological polar surface area (TPSA) is 40.6 Å². The van der Waals surface area contributed by atoms with Crippen LogP contribution in [0.15, 0.2) is 6.20 Å². The minimum Gasteiger partial charge on any atom is -0.373 e. The molecule has 1 aromatic heterocycles. The first-order valence-electron chi connectivity index (χ1n) is 6.57. The number of rotatable bonds is 3. The molecule has 1 aliphatic carbocycles. The van der Waals surface area contributed by atoms with E-state index in [1.807, 2.05) is 13.1 Å². The summed E-state index contributed by atoms with van der Waals surface area (Å²) in [5.74, 6) is -0.277. The predicted octanol–water partition coefficient (Wildman–Crippen LogP) is 2.65. The van der Waals surface area contributed by atoms with Crippen LogP contribution in [0.2, 0.25) is 0 Å². The molecule has 0 bridgehead atoms. The molecule has 0 radical (unpaired) electrons. The van der Waals surface area contributed by atoms with Gasteiger partial charge >= 0.3 is 0 Å². The van der Waals surface area contributed by atoms with Gasteiger partial charge in [0.05, 0.1) is 35.8 Å². The summed E-state index contributed by atoms with van der Waals surface area (Å²) in [7, 11) is 0. The van der Waals surface area contributed by atoms with E-state index in [1.165, 1.54) is 4.88 Å². The zero-order chi connectivity index (χ0) is 12.4. The molecule has 2 fully saturated rings. The molecule has 3 rings (SSSR count). The van der Waals surface area contributed by atoms with E-state index in [0.717, 1.165) is 43.9 Å². The summed E-state index contributed by atoms with van der Waals surface area (Å²) in [4.78, 5) is 5.45. The summed E-state index contributed by atoms with van der Waals surface area (Å²) < 4.78 is 17.4. The zero-order valence-electron chi connectivity index (χ0n) is 10.7. The van der Waals surface area contributed by atoms with Crippen LogP contribution in [0, 0.1) is 6.92 Å². The third kappa shape index (κ3) is 2.74. The van der Waals surface area contributed by atoms with Crippen LogP contribution in [0.5, 0.6) is 0 Å². The largest absolute Gasteiger partial charge is 0.373 e. The molecule has 18 heavy (non-hydrogen) atoms. The van der Waals surface area contributed by atoms with E-state index in [2.05, 4.69) is 4.98 Å². The number of hydrogen-bond acceptors (Lipinski definition) is 5. The van der Waals surface area contributed by atoms with Gasteiger partial charge in [0, 0.05) is 19.0 Å². The van der Waals surface area contributed by atoms with Crippen molar-refractivity contribution in [2.24, 2.45) is 0 Å². The Morgan fingerprint density at radius 2 is 2.11 bits per heavy atom. The number of ether oxygens (including phenoxy) is 3. The highest BCUT2D eigenvalue weighted by Crippen LogP contribution is 2.36. The SMILES string of the molecule is Cc1ncc(COC2CCC3(CC2)OCCO3)s1. The molecular formula is C13H19NO3S. The summed E-state index contributed by atoms with van der Waals surface area (Å²) >= 11 is 1.71. The minimum atomic E-state index is -0.277. The van der Waals surface area contributed by atoms with Crippen LogP contribution >= 0.6 is 11.3 Å². The van der Waals surface area contributed by atoms with Crippen LogP contribution in [-0.4, -0.2) is 30.1 Å². The van der Waals surface area contributed by atoms with Gasteiger partial charge in [0.15, 0.2) is 5.79 Å². The number of aromatic nitrogens is 1. The fourth-order valence-electron chi connectivity index (χ4n) is 2.66. The van der Waals surface area contributed by atoms with Crippen LogP contribution in [0.4, 0.5) is 0 Å². The van der Waals surface area contributed by atoms with Gasteiger partial charge in [-0.15, -0.1) is 11.3 Å². The lowest BCUT2D eigenvalue weighted by Crippen LogP contribution is -2.37. The van der Waals surface area contributed by atoms with Crippen LogP contribution < -0.4 is 0 Å². The van der Waals surface area contributed by atoms with E-state index in [1.54, 1.807) is 11.3 Å². The molecule has 1 aromatic rings. The Labute approximate surface area is 111 Å². The van der Waals surface area contributed by atoms with Crippen LogP contribution in [-0.2, 0) is 20.8 Å². The average Bonchev–Trinajstić information content (AvgIpc) is 2.99. The second-order valence-electron chi connectivity index (χ2n) is 4.96. The number of aryl methyl sites for hydroxylation is 1. The maximum atomic E-state index is 5.94. The van der Waals surface area contributed by atoms with Crippen molar-refractivity contribution in [3.8, 4) is 0 Å². The molecule has 2 heterocycles. The first kappa shape index (κ1) is 12.5. The van der Waals surface area contributed by atoms with E-state index in [0.29, 0.717) is 12.7 Å². The quantitative estimate of drug-likeness (QED) is 0.846. The van der Waals surface area contributed by atoms with Crippen molar-refractivity contribution >= 4 is 11.3 Å². The molecule has 0 unspecified atom stereocenters. The van der Waals surface area contributed by atoms with E-state index in [-0.39, 0.29) is 5.79 Å². The Bertz CT molecular complexity index is 391. The summed E-state index contributed by atoms with van der Waals surface area (Å²) in [5, 5.41) is 1.10. The Balaban J connectivity index is 1.45. The van der Waals surface area contributed by atoms with Gasteiger partial charge in [-0.1, -0.05) is 0 Å².